The number of nitrogens with one attached hydrogen (secondary N) is 2. The monoisotopic (exact) mass is 478 g/mol. The van der Waals surface area contributed by atoms with Gasteiger partial charge in [0, 0.05) is 61.1 Å². The number of halogens is 2. The third-order valence-corrected chi connectivity index (χ3v) is 6.02. The highest BCUT2D eigenvalue weighted by atomic mass is 19.1. The zero-order valence-electron chi connectivity index (χ0n) is 19.3. The van der Waals surface area contributed by atoms with E-state index < -0.39 is 11.6 Å². The number of hydrogen-bond donors (Lipinski definition) is 2. The predicted octanol–water partition coefficient (Wildman–Crippen LogP) is 4.75. The van der Waals surface area contributed by atoms with Gasteiger partial charge in [0.15, 0.2) is 17.4 Å². The summed E-state index contributed by atoms with van der Waals surface area (Å²) < 4.78 is 35.4. The zero-order valence-corrected chi connectivity index (χ0v) is 19.3. The van der Waals surface area contributed by atoms with E-state index in [-0.39, 0.29) is 23.4 Å². The molecule has 8 nitrogen and oxygen atoms in total. The maximum atomic E-state index is 15.1. The smallest absolute Gasteiger partial charge is 0.261 e. The lowest BCUT2D eigenvalue weighted by molar-refractivity contribution is -0.129. The second kappa shape index (κ2) is 9.21. The Hall–Kier alpha value is -4.21. The number of anilines is 3. The number of H-pyrrole nitrogens is 1. The summed E-state index contributed by atoms with van der Waals surface area (Å²) in [7, 11) is 0. The average Bonchev–Trinajstić information content (AvgIpc) is 3.25. The first-order chi connectivity index (χ1) is 16.9. The molecule has 0 bridgehead atoms. The summed E-state index contributed by atoms with van der Waals surface area (Å²) in [5.41, 5.74) is 3.06. The number of aromatic amines is 1. The molecule has 4 aromatic rings. The van der Waals surface area contributed by atoms with Crippen molar-refractivity contribution in [3.63, 3.8) is 0 Å². The van der Waals surface area contributed by atoms with Crippen LogP contribution in [0.1, 0.15) is 12.6 Å². The van der Waals surface area contributed by atoms with Gasteiger partial charge in [-0.15, -0.1) is 0 Å². The van der Waals surface area contributed by atoms with Crippen molar-refractivity contribution < 1.29 is 18.3 Å². The van der Waals surface area contributed by atoms with Crippen molar-refractivity contribution >= 4 is 34.0 Å². The first kappa shape index (κ1) is 22.6. The third-order valence-electron chi connectivity index (χ3n) is 6.02. The number of nitrogens with zero attached hydrogens (tertiary/aromatic N) is 4. The van der Waals surface area contributed by atoms with Gasteiger partial charge >= 0.3 is 0 Å². The van der Waals surface area contributed by atoms with Crippen LogP contribution in [0, 0.1) is 18.6 Å². The Morgan fingerprint density at radius 2 is 1.77 bits per heavy atom. The third kappa shape index (κ3) is 4.59. The van der Waals surface area contributed by atoms with Gasteiger partial charge in [-0.1, -0.05) is 0 Å². The normalized spacial score (nSPS) is 13.8. The van der Waals surface area contributed by atoms with E-state index in [1.165, 1.54) is 6.07 Å². The number of ether oxygens (including phenoxy) is 1. The number of fused-ring (bicyclic) bond motifs is 1. The molecule has 2 N–H and O–H groups in total. The fourth-order valence-electron chi connectivity index (χ4n) is 4.15. The van der Waals surface area contributed by atoms with Gasteiger partial charge in [0.05, 0.1) is 0 Å². The highest BCUT2D eigenvalue weighted by Crippen LogP contribution is 2.32. The van der Waals surface area contributed by atoms with Crippen LogP contribution >= 0.6 is 0 Å². The van der Waals surface area contributed by atoms with Crippen LogP contribution in [0.5, 0.6) is 11.6 Å². The Bertz CT molecular complexity index is 1380. The number of benzene rings is 2. The Morgan fingerprint density at radius 3 is 2.49 bits per heavy atom. The molecular weight excluding hydrogens is 454 g/mol. The van der Waals surface area contributed by atoms with E-state index in [0.29, 0.717) is 29.7 Å². The van der Waals surface area contributed by atoms with E-state index in [4.69, 9.17) is 4.74 Å². The topological polar surface area (TPSA) is 86.4 Å². The van der Waals surface area contributed by atoms with Crippen LogP contribution in [0.25, 0.3) is 10.9 Å². The van der Waals surface area contributed by atoms with E-state index >= 15 is 4.39 Å². The van der Waals surface area contributed by atoms with Crippen LogP contribution in [-0.2, 0) is 4.79 Å². The van der Waals surface area contributed by atoms with Gasteiger partial charge in [-0.2, -0.15) is 9.37 Å². The highest BCUT2D eigenvalue weighted by Gasteiger charge is 2.20. The average molecular weight is 479 g/mol. The molecule has 0 spiro atoms. The number of aryl methyl sites for hydroxylation is 1. The summed E-state index contributed by atoms with van der Waals surface area (Å²) in [6, 6.07) is 12.2. The summed E-state index contributed by atoms with van der Waals surface area (Å²) in [5.74, 6) is -1.94. The van der Waals surface area contributed by atoms with Gasteiger partial charge < -0.3 is 24.8 Å². The lowest BCUT2D eigenvalue weighted by Gasteiger charge is -2.35. The van der Waals surface area contributed by atoms with Gasteiger partial charge in [-0.3, -0.25) is 4.79 Å². The van der Waals surface area contributed by atoms with Crippen LogP contribution < -0.4 is 15.0 Å². The molecule has 1 saturated heterocycles. The van der Waals surface area contributed by atoms with E-state index in [2.05, 4.69) is 25.2 Å². The number of carbonyl (C=O) groups excluding carboxylic acids is 1. The minimum absolute atomic E-state index is 0.0854. The second-order valence-corrected chi connectivity index (χ2v) is 8.40. The molecule has 0 atom stereocenters. The van der Waals surface area contributed by atoms with Crippen molar-refractivity contribution in [3.05, 3.63) is 66.1 Å². The molecular formula is C25H24F2N6O2. The van der Waals surface area contributed by atoms with Crippen LogP contribution in [-0.4, -0.2) is 51.9 Å². The molecule has 0 aliphatic carbocycles. The lowest BCUT2D eigenvalue weighted by atomic mass is 10.2. The van der Waals surface area contributed by atoms with Crippen molar-refractivity contribution in [1.82, 2.24) is 19.9 Å². The van der Waals surface area contributed by atoms with Gasteiger partial charge in [0.25, 0.3) is 5.88 Å². The van der Waals surface area contributed by atoms with Gasteiger partial charge in [-0.05, 0) is 49.4 Å². The SMILES string of the molecule is CC(=O)N1CCN(c2ccc(Nc3ncnc(Oc4ccc5[nH]c(C)cc5c4F)c3F)cc2)CC1. The standard InChI is InChI=1S/C25H24F2N6O2/c1-15-13-19-20(30-15)7-8-21(22(19)26)35-25-23(27)24(28-14-29-25)31-17-3-5-18(6-4-17)33-11-9-32(10-12-33)16(2)34/h3-8,13-14,30H,9-12H2,1-2H3,(H,28,29,31). The number of piperazine rings is 1. The number of hydrogen-bond acceptors (Lipinski definition) is 6. The maximum absolute atomic E-state index is 15.1. The largest absolute Gasteiger partial charge is 0.433 e. The molecule has 3 heterocycles. The van der Waals surface area contributed by atoms with Crippen LogP contribution in [0.15, 0.2) is 48.8 Å². The van der Waals surface area contributed by atoms with E-state index in [1.807, 2.05) is 36.1 Å². The molecule has 0 unspecified atom stereocenters. The summed E-state index contributed by atoms with van der Waals surface area (Å²) in [6.45, 7) is 6.26. The Labute approximate surface area is 200 Å². The van der Waals surface area contributed by atoms with Crippen molar-refractivity contribution in [2.75, 3.05) is 36.4 Å². The molecule has 10 heteroatoms. The first-order valence-corrected chi connectivity index (χ1v) is 11.2. The molecule has 35 heavy (non-hydrogen) atoms. The number of rotatable bonds is 5. The van der Waals surface area contributed by atoms with Crippen molar-refractivity contribution in [3.8, 4) is 11.6 Å². The molecule has 180 valence electrons. The number of amides is 1. The second-order valence-electron chi connectivity index (χ2n) is 8.40. The van der Waals surface area contributed by atoms with Crippen molar-refractivity contribution in [2.45, 2.75) is 13.8 Å². The summed E-state index contributed by atoms with van der Waals surface area (Å²) >= 11 is 0. The Morgan fingerprint density at radius 1 is 1.03 bits per heavy atom. The molecule has 1 amide bonds. The maximum Gasteiger partial charge on any atom is 0.261 e. The molecule has 2 aromatic carbocycles. The Balaban J connectivity index is 1.30. The minimum atomic E-state index is -0.832. The van der Waals surface area contributed by atoms with Crippen molar-refractivity contribution in [2.24, 2.45) is 0 Å². The molecule has 2 aromatic heterocycles. The summed E-state index contributed by atoms with van der Waals surface area (Å²) in [6.07, 6.45) is 1.15. The molecule has 1 aliphatic rings. The molecule has 0 radical (unpaired) electrons. The number of carbonyl (C=O) groups is 1. The highest BCUT2D eigenvalue weighted by molar-refractivity contribution is 5.82. The van der Waals surface area contributed by atoms with E-state index in [9.17, 15) is 9.18 Å². The van der Waals surface area contributed by atoms with Gasteiger partial charge in [0.1, 0.15) is 6.33 Å². The van der Waals surface area contributed by atoms with E-state index in [1.54, 1.807) is 19.1 Å². The predicted molar refractivity (Wildman–Crippen MR) is 129 cm³/mol. The zero-order chi connectivity index (χ0) is 24.5. The quantitative estimate of drug-likeness (QED) is 0.431. The molecule has 1 aliphatic heterocycles. The van der Waals surface area contributed by atoms with Crippen molar-refractivity contribution in [1.29, 1.82) is 0 Å². The fraction of sp³-hybridized carbons (Fsp3) is 0.240. The van der Waals surface area contributed by atoms with Crippen LogP contribution in [0.2, 0.25) is 0 Å². The molecule has 1 fully saturated rings. The first-order valence-electron chi connectivity index (χ1n) is 11.2. The van der Waals surface area contributed by atoms with Crippen LogP contribution in [0.3, 0.4) is 0 Å². The fourth-order valence-corrected chi connectivity index (χ4v) is 4.15. The van der Waals surface area contributed by atoms with Gasteiger partial charge in [0.2, 0.25) is 11.7 Å². The Kier molecular flexibility index (Phi) is 5.94. The lowest BCUT2D eigenvalue weighted by Crippen LogP contribution is -2.48. The van der Waals surface area contributed by atoms with E-state index in [0.717, 1.165) is 30.8 Å². The van der Waals surface area contributed by atoms with Gasteiger partial charge in [-0.25, -0.2) is 9.37 Å². The summed E-state index contributed by atoms with van der Waals surface area (Å²) in [5, 5.41) is 3.28. The number of aromatic nitrogens is 3. The minimum Gasteiger partial charge on any atom is -0.433 e. The summed E-state index contributed by atoms with van der Waals surface area (Å²) in [4.78, 5) is 26.4. The molecule has 0 saturated carbocycles. The molecule has 5 rings (SSSR count). The van der Waals surface area contributed by atoms with Crippen LogP contribution in [0.4, 0.5) is 26.0 Å².